The van der Waals surface area contributed by atoms with Gasteiger partial charge in [-0.15, -0.1) is 0 Å². The van der Waals surface area contributed by atoms with Crippen molar-refractivity contribution in [3.05, 3.63) is 29.8 Å². The summed E-state index contributed by atoms with van der Waals surface area (Å²) in [5, 5.41) is 3.52. The largest absolute Gasteiger partial charge is 0.497 e. The van der Waals surface area contributed by atoms with Gasteiger partial charge in [-0.25, -0.2) is 0 Å². The molecule has 3 heteroatoms. The van der Waals surface area contributed by atoms with Crippen molar-refractivity contribution >= 4 is 0 Å². The monoisotopic (exact) mass is 220 g/mol. The third kappa shape index (κ3) is 2.54. The van der Waals surface area contributed by atoms with Crippen LogP contribution in [-0.2, 0) is 6.42 Å². The van der Waals surface area contributed by atoms with Gasteiger partial charge in [-0.1, -0.05) is 12.1 Å². The second-order valence-electron chi connectivity index (χ2n) is 4.40. The molecule has 3 N–H and O–H groups in total. The third-order valence-corrected chi connectivity index (χ3v) is 3.41. The van der Waals surface area contributed by atoms with Crippen molar-refractivity contribution in [1.29, 1.82) is 0 Å². The number of hydrogen-bond acceptors (Lipinski definition) is 3. The molecule has 0 radical (unpaired) electrons. The van der Waals surface area contributed by atoms with Crippen LogP contribution in [0.2, 0.25) is 0 Å². The van der Waals surface area contributed by atoms with E-state index in [4.69, 9.17) is 10.5 Å². The fraction of sp³-hybridized carbons (Fsp3) is 0.538. The molecule has 1 aromatic carbocycles. The lowest BCUT2D eigenvalue weighted by molar-refractivity contribution is 0.414. The molecule has 16 heavy (non-hydrogen) atoms. The summed E-state index contributed by atoms with van der Waals surface area (Å²) in [4.78, 5) is 0. The zero-order valence-corrected chi connectivity index (χ0v) is 9.78. The average molecular weight is 220 g/mol. The van der Waals surface area contributed by atoms with Gasteiger partial charge in [0.05, 0.1) is 7.11 Å². The van der Waals surface area contributed by atoms with Crippen LogP contribution in [0.3, 0.4) is 0 Å². The first-order valence-corrected chi connectivity index (χ1v) is 5.90. The molecule has 1 aliphatic rings. The first-order chi connectivity index (χ1) is 7.83. The van der Waals surface area contributed by atoms with E-state index in [0.29, 0.717) is 12.0 Å². The fourth-order valence-electron chi connectivity index (χ4n) is 2.36. The highest BCUT2D eigenvalue weighted by atomic mass is 16.5. The summed E-state index contributed by atoms with van der Waals surface area (Å²) in [6, 6.07) is 8.83. The maximum atomic E-state index is 5.76. The standard InChI is InChI=1S/C13H20N2O/c1-16-12-4-2-10(3-5-12)8-13-11(9-14)6-7-15-13/h2-5,11,13,15H,6-9,14H2,1H3. The second kappa shape index (κ2) is 5.32. The summed E-state index contributed by atoms with van der Waals surface area (Å²) in [7, 11) is 1.69. The Bertz CT molecular complexity index is 323. The lowest BCUT2D eigenvalue weighted by Crippen LogP contribution is -2.32. The van der Waals surface area contributed by atoms with Gasteiger partial charge in [-0.05, 0) is 49.5 Å². The molecule has 0 spiro atoms. The van der Waals surface area contributed by atoms with Crippen LogP contribution in [-0.4, -0.2) is 26.2 Å². The summed E-state index contributed by atoms with van der Waals surface area (Å²) in [6.07, 6.45) is 2.27. The molecule has 88 valence electrons. The van der Waals surface area contributed by atoms with Crippen molar-refractivity contribution < 1.29 is 4.74 Å². The van der Waals surface area contributed by atoms with Gasteiger partial charge >= 0.3 is 0 Å². The molecule has 2 rings (SSSR count). The van der Waals surface area contributed by atoms with Crippen molar-refractivity contribution in [3.8, 4) is 5.75 Å². The Hall–Kier alpha value is -1.06. The normalized spacial score (nSPS) is 24.6. The number of hydrogen-bond donors (Lipinski definition) is 2. The number of methoxy groups -OCH3 is 1. The molecule has 0 aliphatic carbocycles. The zero-order valence-electron chi connectivity index (χ0n) is 9.78. The van der Waals surface area contributed by atoms with E-state index in [0.717, 1.165) is 25.3 Å². The van der Waals surface area contributed by atoms with Gasteiger partial charge in [0.25, 0.3) is 0 Å². The number of nitrogens with two attached hydrogens (primary N) is 1. The fourth-order valence-corrected chi connectivity index (χ4v) is 2.36. The zero-order chi connectivity index (χ0) is 11.4. The molecule has 1 aromatic rings. The van der Waals surface area contributed by atoms with Gasteiger partial charge in [-0.2, -0.15) is 0 Å². The first-order valence-electron chi connectivity index (χ1n) is 5.90. The van der Waals surface area contributed by atoms with Crippen LogP contribution < -0.4 is 15.8 Å². The highest BCUT2D eigenvalue weighted by molar-refractivity contribution is 5.27. The SMILES string of the molecule is COc1ccc(CC2NCCC2CN)cc1. The minimum atomic E-state index is 0.540. The van der Waals surface area contributed by atoms with E-state index in [1.807, 2.05) is 12.1 Å². The molecule has 1 saturated heterocycles. The number of benzene rings is 1. The van der Waals surface area contributed by atoms with E-state index in [1.165, 1.54) is 12.0 Å². The van der Waals surface area contributed by atoms with Crippen LogP contribution >= 0.6 is 0 Å². The van der Waals surface area contributed by atoms with E-state index >= 15 is 0 Å². The van der Waals surface area contributed by atoms with Gasteiger partial charge in [0.1, 0.15) is 5.75 Å². The van der Waals surface area contributed by atoms with Gasteiger partial charge in [0.2, 0.25) is 0 Å². The smallest absolute Gasteiger partial charge is 0.118 e. The maximum absolute atomic E-state index is 5.76. The number of ether oxygens (including phenoxy) is 1. The van der Waals surface area contributed by atoms with Crippen LogP contribution in [0.5, 0.6) is 5.75 Å². The van der Waals surface area contributed by atoms with Crippen LogP contribution in [0.15, 0.2) is 24.3 Å². The molecule has 0 bridgehead atoms. The average Bonchev–Trinajstić information content (AvgIpc) is 2.77. The number of rotatable bonds is 4. The van der Waals surface area contributed by atoms with Crippen molar-refractivity contribution in [2.45, 2.75) is 18.9 Å². The van der Waals surface area contributed by atoms with E-state index in [2.05, 4.69) is 17.4 Å². The molecule has 2 atom stereocenters. The van der Waals surface area contributed by atoms with E-state index in [9.17, 15) is 0 Å². The molecule has 1 heterocycles. The Balaban J connectivity index is 1.97. The maximum Gasteiger partial charge on any atom is 0.118 e. The molecule has 1 aliphatic heterocycles. The molecule has 1 fully saturated rings. The highest BCUT2D eigenvalue weighted by Crippen LogP contribution is 2.19. The third-order valence-electron chi connectivity index (χ3n) is 3.41. The quantitative estimate of drug-likeness (QED) is 0.801. The lowest BCUT2D eigenvalue weighted by Gasteiger charge is -2.17. The summed E-state index contributed by atoms with van der Waals surface area (Å²) >= 11 is 0. The summed E-state index contributed by atoms with van der Waals surface area (Å²) in [6.45, 7) is 1.89. The van der Waals surface area contributed by atoms with Crippen LogP contribution in [0, 0.1) is 5.92 Å². The van der Waals surface area contributed by atoms with Gasteiger partial charge in [0.15, 0.2) is 0 Å². The summed E-state index contributed by atoms with van der Waals surface area (Å²) in [5.74, 6) is 1.54. The summed E-state index contributed by atoms with van der Waals surface area (Å²) in [5.41, 5.74) is 7.11. The lowest BCUT2D eigenvalue weighted by atomic mass is 9.95. The molecule has 0 amide bonds. The van der Waals surface area contributed by atoms with Crippen molar-refractivity contribution in [2.24, 2.45) is 11.7 Å². The van der Waals surface area contributed by atoms with E-state index in [-0.39, 0.29) is 0 Å². The number of nitrogens with one attached hydrogen (secondary N) is 1. The predicted octanol–water partition coefficient (Wildman–Crippen LogP) is 1.17. The Kier molecular flexibility index (Phi) is 3.80. The van der Waals surface area contributed by atoms with Crippen LogP contribution in [0.25, 0.3) is 0 Å². The Morgan fingerprint density at radius 1 is 1.38 bits per heavy atom. The Morgan fingerprint density at radius 2 is 2.12 bits per heavy atom. The minimum absolute atomic E-state index is 0.540. The van der Waals surface area contributed by atoms with Crippen molar-refractivity contribution in [2.75, 3.05) is 20.2 Å². The highest BCUT2D eigenvalue weighted by Gasteiger charge is 2.25. The van der Waals surface area contributed by atoms with E-state index in [1.54, 1.807) is 7.11 Å². The molecular weight excluding hydrogens is 200 g/mol. The predicted molar refractivity (Wildman–Crippen MR) is 65.7 cm³/mol. The van der Waals surface area contributed by atoms with Crippen molar-refractivity contribution in [3.63, 3.8) is 0 Å². The molecular formula is C13H20N2O. The second-order valence-corrected chi connectivity index (χ2v) is 4.40. The Labute approximate surface area is 97.0 Å². The van der Waals surface area contributed by atoms with Gasteiger partial charge in [0, 0.05) is 6.04 Å². The first kappa shape index (κ1) is 11.4. The Morgan fingerprint density at radius 3 is 2.75 bits per heavy atom. The molecule has 3 nitrogen and oxygen atoms in total. The molecule has 0 aromatic heterocycles. The molecule has 0 saturated carbocycles. The minimum Gasteiger partial charge on any atom is -0.497 e. The topological polar surface area (TPSA) is 47.3 Å². The summed E-state index contributed by atoms with van der Waals surface area (Å²) < 4.78 is 5.15. The van der Waals surface area contributed by atoms with Crippen LogP contribution in [0.4, 0.5) is 0 Å². The van der Waals surface area contributed by atoms with Gasteiger partial charge in [-0.3, -0.25) is 0 Å². The molecule has 2 unspecified atom stereocenters. The van der Waals surface area contributed by atoms with Crippen molar-refractivity contribution in [1.82, 2.24) is 5.32 Å². The van der Waals surface area contributed by atoms with Gasteiger partial charge < -0.3 is 15.8 Å². The van der Waals surface area contributed by atoms with Crippen LogP contribution in [0.1, 0.15) is 12.0 Å². The van der Waals surface area contributed by atoms with E-state index < -0.39 is 0 Å².